The zero-order valence-corrected chi connectivity index (χ0v) is 11.3. The van der Waals surface area contributed by atoms with Crippen LogP contribution in [0.5, 0.6) is 5.88 Å². The van der Waals surface area contributed by atoms with E-state index in [1.165, 1.54) is 7.11 Å². The van der Waals surface area contributed by atoms with Crippen molar-refractivity contribution in [2.24, 2.45) is 11.7 Å². The van der Waals surface area contributed by atoms with Crippen LogP contribution in [0.3, 0.4) is 0 Å². The molecule has 1 aliphatic carbocycles. The van der Waals surface area contributed by atoms with Gasteiger partial charge in [-0.15, -0.1) is 0 Å². The van der Waals surface area contributed by atoms with Crippen LogP contribution >= 0.6 is 0 Å². The number of nitrogens with two attached hydrogens (primary N) is 1. The number of carbonyl (C=O) groups is 1. The molecular weight excluding hydrogens is 242 g/mol. The van der Waals surface area contributed by atoms with Gasteiger partial charge in [-0.1, -0.05) is 6.42 Å². The topological polar surface area (TPSA) is 77.2 Å². The Morgan fingerprint density at radius 3 is 3.16 bits per heavy atom. The van der Waals surface area contributed by atoms with Crippen LogP contribution in [0.15, 0.2) is 18.3 Å². The molecule has 2 unspecified atom stereocenters. The minimum atomic E-state index is -0.135. The number of ether oxygens (including phenoxy) is 1. The fraction of sp³-hybridized carbons (Fsp3) is 0.571. The first-order valence-electron chi connectivity index (χ1n) is 6.73. The summed E-state index contributed by atoms with van der Waals surface area (Å²) < 4.78 is 5.08. The molecule has 1 heterocycles. The van der Waals surface area contributed by atoms with Gasteiger partial charge in [0.2, 0.25) is 5.88 Å². The number of aromatic nitrogens is 1. The lowest BCUT2D eigenvalue weighted by atomic mass is 9.86. The van der Waals surface area contributed by atoms with Gasteiger partial charge in [0.25, 0.3) is 5.91 Å². The minimum absolute atomic E-state index is 0.135. The average Bonchev–Trinajstić information content (AvgIpc) is 2.45. The van der Waals surface area contributed by atoms with E-state index < -0.39 is 0 Å². The highest BCUT2D eigenvalue weighted by Crippen LogP contribution is 2.22. The Balaban J connectivity index is 1.90. The summed E-state index contributed by atoms with van der Waals surface area (Å²) in [5.41, 5.74) is 6.42. The molecule has 1 aromatic heterocycles. The van der Waals surface area contributed by atoms with Gasteiger partial charge in [0.05, 0.1) is 7.11 Å². The van der Waals surface area contributed by atoms with Crippen LogP contribution in [0, 0.1) is 5.92 Å². The Labute approximate surface area is 113 Å². The second kappa shape index (κ2) is 6.52. The summed E-state index contributed by atoms with van der Waals surface area (Å²) in [6.45, 7) is 0.671. The van der Waals surface area contributed by atoms with Crippen molar-refractivity contribution >= 4 is 5.91 Å². The van der Waals surface area contributed by atoms with Crippen LogP contribution in [-0.4, -0.2) is 30.6 Å². The maximum Gasteiger partial charge on any atom is 0.256 e. The highest BCUT2D eigenvalue weighted by Gasteiger charge is 2.20. The van der Waals surface area contributed by atoms with Crippen LogP contribution in [-0.2, 0) is 0 Å². The smallest absolute Gasteiger partial charge is 0.256 e. The van der Waals surface area contributed by atoms with Crippen molar-refractivity contribution in [1.82, 2.24) is 10.3 Å². The summed E-state index contributed by atoms with van der Waals surface area (Å²) in [4.78, 5) is 16.1. The molecule has 1 aliphatic rings. The Morgan fingerprint density at radius 1 is 1.58 bits per heavy atom. The molecule has 1 aromatic rings. The van der Waals surface area contributed by atoms with E-state index in [2.05, 4.69) is 10.3 Å². The second-order valence-corrected chi connectivity index (χ2v) is 5.06. The van der Waals surface area contributed by atoms with E-state index in [4.69, 9.17) is 10.5 Å². The third-order valence-electron chi connectivity index (χ3n) is 3.58. The third kappa shape index (κ3) is 3.67. The fourth-order valence-corrected chi connectivity index (χ4v) is 2.58. The Kier molecular flexibility index (Phi) is 4.74. The standard InChI is InChI=1S/C14H21N3O2/c1-19-14-12(6-3-7-16-14)13(18)17-9-10-4-2-5-11(15)8-10/h3,6-7,10-11H,2,4-5,8-9,15H2,1H3,(H,17,18). The van der Waals surface area contributed by atoms with Crippen LogP contribution in [0.1, 0.15) is 36.0 Å². The molecule has 0 aliphatic heterocycles. The van der Waals surface area contributed by atoms with Gasteiger partial charge >= 0.3 is 0 Å². The molecule has 1 fully saturated rings. The predicted octanol–water partition coefficient (Wildman–Crippen LogP) is 1.34. The summed E-state index contributed by atoms with van der Waals surface area (Å²) in [5.74, 6) is 0.708. The summed E-state index contributed by atoms with van der Waals surface area (Å²) in [7, 11) is 1.51. The molecule has 2 rings (SSSR count). The van der Waals surface area contributed by atoms with Gasteiger partial charge in [-0.05, 0) is 37.3 Å². The number of methoxy groups -OCH3 is 1. The molecule has 1 saturated carbocycles. The number of pyridine rings is 1. The Morgan fingerprint density at radius 2 is 2.42 bits per heavy atom. The highest BCUT2D eigenvalue weighted by atomic mass is 16.5. The number of nitrogens with zero attached hydrogens (tertiary/aromatic N) is 1. The van der Waals surface area contributed by atoms with Crippen LogP contribution < -0.4 is 15.8 Å². The van der Waals surface area contributed by atoms with E-state index >= 15 is 0 Å². The van der Waals surface area contributed by atoms with Gasteiger partial charge in [0.15, 0.2) is 0 Å². The van der Waals surface area contributed by atoms with E-state index in [1.807, 2.05) is 0 Å². The molecule has 0 bridgehead atoms. The zero-order chi connectivity index (χ0) is 13.7. The molecule has 1 amide bonds. The summed E-state index contributed by atoms with van der Waals surface area (Å²) >= 11 is 0. The van der Waals surface area contributed by atoms with Crippen molar-refractivity contribution < 1.29 is 9.53 Å². The van der Waals surface area contributed by atoms with Crippen molar-refractivity contribution in [2.45, 2.75) is 31.7 Å². The van der Waals surface area contributed by atoms with Crippen molar-refractivity contribution in [3.05, 3.63) is 23.9 Å². The lowest BCUT2D eigenvalue weighted by molar-refractivity contribution is 0.0938. The average molecular weight is 263 g/mol. The first-order chi connectivity index (χ1) is 9.20. The highest BCUT2D eigenvalue weighted by molar-refractivity contribution is 5.96. The number of amides is 1. The summed E-state index contributed by atoms with van der Waals surface area (Å²) in [6, 6.07) is 3.73. The molecule has 0 radical (unpaired) electrons. The maximum absolute atomic E-state index is 12.1. The summed E-state index contributed by atoms with van der Waals surface area (Å²) in [5, 5.41) is 2.95. The first-order valence-corrected chi connectivity index (χ1v) is 6.73. The third-order valence-corrected chi connectivity index (χ3v) is 3.58. The van der Waals surface area contributed by atoms with E-state index in [0.29, 0.717) is 23.9 Å². The molecular formula is C14H21N3O2. The first kappa shape index (κ1) is 13.8. The molecule has 5 heteroatoms. The summed E-state index contributed by atoms with van der Waals surface area (Å²) in [6.07, 6.45) is 5.98. The van der Waals surface area contributed by atoms with Gasteiger partial charge in [-0.3, -0.25) is 4.79 Å². The van der Waals surface area contributed by atoms with Gasteiger partial charge < -0.3 is 15.8 Å². The van der Waals surface area contributed by atoms with Crippen molar-refractivity contribution in [2.75, 3.05) is 13.7 Å². The number of rotatable bonds is 4. The number of carbonyl (C=O) groups excluding carboxylic acids is 1. The van der Waals surface area contributed by atoms with Crippen LogP contribution in [0.25, 0.3) is 0 Å². The second-order valence-electron chi connectivity index (χ2n) is 5.06. The van der Waals surface area contributed by atoms with Crippen molar-refractivity contribution in [3.8, 4) is 5.88 Å². The molecule has 104 valence electrons. The van der Waals surface area contributed by atoms with Crippen molar-refractivity contribution in [1.29, 1.82) is 0 Å². The Hall–Kier alpha value is -1.62. The van der Waals surface area contributed by atoms with Gasteiger partial charge in [-0.2, -0.15) is 0 Å². The predicted molar refractivity (Wildman–Crippen MR) is 73.1 cm³/mol. The van der Waals surface area contributed by atoms with Gasteiger partial charge in [0, 0.05) is 18.8 Å². The Bertz CT molecular complexity index is 436. The van der Waals surface area contributed by atoms with Gasteiger partial charge in [-0.25, -0.2) is 4.98 Å². The molecule has 2 atom stereocenters. The molecule has 3 N–H and O–H groups in total. The lowest BCUT2D eigenvalue weighted by Gasteiger charge is -2.26. The molecule has 0 saturated heterocycles. The lowest BCUT2D eigenvalue weighted by Crippen LogP contribution is -2.35. The SMILES string of the molecule is COc1ncccc1C(=O)NCC1CCCC(N)C1. The fourth-order valence-electron chi connectivity index (χ4n) is 2.58. The monoisotopic (exact) mass is 263 g/mol. The van der Waals surface area contributed by atoms with E-state index in [0.717, 1.165) is 25.7 Å². The van der Waals surface area contributed by atoms with Crippen LogP contribution in [0.4, 0.5) is 0 Å². The van der Waals surface area contributed by atoms with Gasteiger partial charge in [0.1, 0.15) is 5.56 Å². The molecule has 19 heavy (non-hydrogen) atoms. The van der Waals surface area contributed by atoms with Crippen molar-refractivity contribution in [3.63, 3.8) is 0 Å². The van der Waals surface area contributed by atoms with E-state index in [-0.39, 0.29) is 11.9 Å². The maximum atomic E-state index is 12.1. The number of hydrogen-bond acceptors (Lipinski definition) is 4. The largest absolute Gasteiger partial charge is 0.480 e. The number of nitrogens with one attached hydrogen (secondary N) is 1. The number of hydrogen-bond donors (Lipinski definition) is 2. The van der Waals surface area contributed by atoms with Crippen LogP contribution in [0.2, 0.25) is 0 Å². The molecule has 0 aromatic carbocycles. The molecule has 0 spiro atoms. The van der Waals surface area contributed by atoms with E-state index in [9.17, 15) is 4.79 Å². The zero-order valence-electron chi connectivity index (χ0n) is 11.3. The quantitative estimate of drug-likeness (QED) is 0.859. The minimum Gasteiger partial charge on any atom is -0.480 e. The molecule has 5 nitrogen and oxygen atoms in total. The van der Waals surface area contributed by atoms with E-state index in [1.54, 1.807) is 18.3 Å². The normalized spacial score (nSPS) is 22.8.